The molecule has 3 aliphatic rings. The minimum Gasteiger partial charge on any atom is -0.487 e. The van der Waals surface area contributed by atoms with Crippen molar-refractivity contribution in [3.8, 4) is 11.8 Å². The van der Waals surface area contributed by atoms with Gasteiger partial charge >= 0.3 is 0 Å². The Balaban J connectivity index is 1.27. The van der Waals surface area contributed by atoms with Gasteiger partial charge in [-0.2, -0.15) is 5.26 Å². The van der Waals surface area contributed by atoms with Crippen LogP contribution in [0.2, 0.25) is 0 Å². The fourth-order valence-corrected chi connectivity index (χ4v) is 6.22. The third-order valence-electron chi connectivity index (χ3n) is 7.42. The van der Waals surface area contributed by atoms with E-state index in [9.17, 15) is 13.5 Å². The SMILES string of the molecule is CS(=O)(=O)c1ccc2c(c1)C(O)CC1(CCN(C3CCc4cc(C#N)ccc4C3)CC1)O2. The third kappa shape index (κ3) is 3.92. The number of ether oxygens (including phenoxy) is 1. The molecule has 1 fully saturated rings. The van der Waals surface area contributed by atoms with Gasteiger partial charge in [-0.3, -0.25) is 4.90 Å². The molecule has 0 amide bonds. The molecule has 1 aliphatic carbocycles. The number of piperidine rings is 1. The minimum atomic E-state index is -3.33. The van der Waals surface area contributed by atoms with Gasteiger partial charge in [-0.05, 0) is 73.6 Å². The number of hydrogen-bond acceptors (Lipinski definition) is 6. The Morgan fingerprint density at radius 1 is 1.16 bits per heavy atom. The van der Waals surface area contributed by atoms with Crippen LogP contribution in [-0.2, 0) is 22.7 Å². The second kappa shape index (κ2) is 7.87. The molecule has 0 aromatic heterocycles. The van der Waals surface area contributed by atoms with E-state index in [-0.39, 0.29) is 4.90 Å². The van der Waals surface area contributed by atoms with E-state index in [1.807, 2.05) is 12.1 Å². The van der Waals surface area contributed by atoms with E-state index in [1.54, 1.807) is 18.2 Å². The zero-order chi connectivity index (χ0) is 22.5. The maximum atomic E-state index is 11.9. The van der Waals surface area contributed by atoms with Crippen LogP contribution in [0.5, 0.6) is 5.75 Å². The number of fused-ring (bicyclic) bond motifs is 2. The monoisotopic (exact) mass is 452 g/mol. The molecule has 2 atom stereocenters. The molecule has 2 aromatic rings. The first-order chi connectivity index (χ1) is 15.3. The third-order valence-corrected chi connectivity index (χ3v) is 8.53. The molecule has 2 unspecified atom stereocenters. The van der Waals surface area contributed by atoms with Gasteiger partial charge in [0.05, 0.1) is 22.6 Å². The van der Waals surface area contributed by atoms with Crippen molar-refractivity contribution in [3.05, 3.63) is 58.7 Å². The van der Waals surface area contributed by atoms with Crippen molar-refractivity contribution in [2.24, 2.45) is 0 Å². The van der Waals surface area contributed by atoms with Crippen molar-refractivity contribution in [3.63, 3.8) is 0 Å². The Bertz CT molecular complexity index is 1190. The Kier molecular flexibility index (Phi) is 5.28. The summed E-state index contributed by atoms with van der Waals surface area (Å²) in [7, 11) is -3.33. The number of likely N-dealkylation sites (tertiary alicyclic amines) is 1. The molecule has 0 bridgehead atoms. The molecule has 2 aromatic carbocycles. The van der Waals surface area contributed by atoms with E-state index in [4.69, 9.17) is 10.00 Å². The lowest BCUT2D eigenvalue weighted by Crippen LogP contribution is -2.53. The first-order valence-corrected chi connectivity index (χ1v) is 13.1. The standard InChI is InChI=1S/C25H28N2O4S/c1-32(29,30)21-6-7-24-22(14-21)23(28)15-25(31-24)8-10-27(11-9-25)20-5-4-18-12-17(16-26)2-3-19(18)13-20/h2-3,6-7,12,14,20,23,28H,4-5,8-11,13,15H2,1H3. The number of nitrogens with zero attached hydrogens (tertiary/aromatic N) is 2. The van der Waals surface area contributed by atoms with Crippen molar-refractivity contribution >= 4 is 9.84 Å². The van der Waals surface area contributed by atoms with Crippen LogP contribution in [0.4, 0.5) is 0 Å². The summed E-state index contributed by atoms with van der Waals surface area (Å²) in [6.45, 7) is 1.83. The topological polar surface area (TPSA) is 90.6 Å². The molecule has 2 heterocycles. The molecule has 0 radical (unpaired) electrons. The molecule has 168 valence electrons. The van der Waals surface area contributed by atoms with E-state index >= 15 is 0 Å². The first-order valence-electron chi connectivity index (χ1n) is 11.2. The average Bonchev–Trinajstić information content (AvgIpc) is 2.78. The molecular formula is C25H28N2O4S. The number of hydrogen-bond donors (Lipinski definition) is 1. The number of aliphatic hydroxyl groups is 1. The number of benzene rings is 2. The molecule has 7 heteroatoms. The van der Waals surface area contributed by atoms with Crippen LogP contribution in [0.25, 0.3) is 0 Å². The lowest BCUT2D eigenvalue weighted by atomic mass is 9.80. The highest BCUT2D eigenvalue weighted by atomic mass is 32.2. The van der Waals surface area contributed by atoms with Crippen molar-refractivity contribution in [1.82, 2.24) is 4.90 Å². The van der Waals surface area contributed by atoms with E-state index in [2.05, 4.69) is 17.0 Å². The van der Waals surface area contributed by atoms with Crippen LogP contribution in [0.15, 0.2) is 41.3 Å². The number of aliphatic hydroxyl groups excluding tert-OH is 1. The second-order valence-corrected chi connectivity index (χ2v) is 11.5. The van der Waals surface area contributed by atoms with Crippen molar-refractivity contribution < 1.29 is 18.3 Å². The van der Waals surface area contributed by atoms with Crippen molar-refractivity contribution in [1.29, 1.82) is 5.26 Å². The summed E-state index contributed by atoms with van der Waals surface area (Å²) < 4.78 is 30.2. The van der Waals surface area contributed by atoms with Crippen LogP contribution in [0.3, 0.4) is 0 Å². The van der Waals surface area contributed by atoms with Gasteiger partial charge in [-0.25, -0.2) is 8.42 Å². The molecule has 6 nitrogen and oxygen atoms in total. The molecule has 0 saturated carbocycles. The van der Waals surface area contributed by atoms with E-state index in [0.717, 1.165) is 50.8 Å². The first kappa shape index (κ1) is 21.4. The lowest BCUT2D eigenvalue weighted by molar-refractivity contribution is -0.0609. The fraction of sp³-hybridized carbons (Fsp3) is 0.480. The van der Waals surface area contributed by atoms with Crippen molar-refractivity contribution in [2.75, 3.05) is 19.3 Å². The molecule has 1 spiro atoms. The number of sulfone groups is 1. The van der Waals surface area contributed by atoms with Crippen LogP contribution in [-0.4, -0.2) is 49.4 Å². The predicted octanol–water partition coefficient (Wildman–Crippen LogP) is 3.17. The molecule has 32 heavy (non-hydrogen) atoms. The Labute approximate surface area is 189 Å². The summed E-state index contributed by atoms with van der Waals surface area (Å²) in [4.78, 5) is 2.76. The Morgan fingerprint density at radius 2 is 1.94 bits per heavy atom. The van der Waals surface area contributed by atoms with Crippen LogP contribution < -0.4 is 4.74 Å². The molecule has 1 N–H and O–H groups in total. The van der Waals surface area contributed by atoms with Gasteiger partial charge in [-0.15, -0.1) is 0 Å². The van der Waals surface area contributed by atoms with Gasteiger partial charge in [0.25, 0.3) is 0 Å². The van der Waals surface area contributed by atoms with Gasteiger partial charge in [-0.1, -0.05) is 6.07 Å². The lowest BCUT2D eigenvalue weighted by Gasteiger charge is -2.48. The Hall–Kier alpha value is -2.40. The molecule has 2 aliphatic heterocycles. The van der Waals surface area contributed by atoms with Crippen LogP contribution in [0, 0.1) is 11.3 Å². The zero-order valence-electron chi connectivity index (χ0n) is 18.3. The van der Waals surface area contributed by atoms with Gasteiger partial charge in [0.2, 0.25) is 0 Å². The number of aryl methyl sites for hydroxylation is 1. The maximum Gasteiger partial charge on any atom is 0.175 e. The van der Waals surface area contributed by atoms with Crippen molar-refractivity contribution in [2.45, 2.75) is 61.2 Å². The normalized spacial score (nSPS) is 24.8. The molecule has 5 rings (SSSR count). The van der Waals surface area contributed by atoms with Gasteiger partial charge in [0, 0.05) is 37.4 Å². The zero-order valence-corrected chi connectivity index (χ0v) is 19.1. The second-order valence-electron chi connectivity index (χ2n) is 9.50. The molecule has 1 saturated heterocycles. The Morgan fingerprint density at radius 3 is 2.66 bits per heavy atom. The summed E-state index contributed by atoms with van der Waals surface area (Å²) >= 11 is 0. The highest BCUT2D eigenvalue weighted by Crippen LogP contribution is 2.45. The maximum absolute atomic E-state index is 11.9. The highest BCUT2D eigenvalue weighted by molar-refractivity contribution is 7.90. The minimum absolute atomic E-state index is 0.212. The van der Waals surface area contributed by atoms with Crippen LogP contribution in [0.1, 0.15) is 54.0 Å². The summed E-state index contributed by atoms with van der Waals surface area (Å²) in [5.74, 6) is 0.601. The summed E-state index contributed by atoms with van der Waals surface area (Å²) in [6, 6.07) is 13.6. The van der Waals surface area contributed by atoms with E-state index in [1.165, 1.54) is 17.4 Å². The largest absolute Gasteiger partial charge is 0.487 e. The quantitative estimate of drug-likeness (QED) is 0.753. The summed E-state index contributed by atoms with van der Waals surface area (Å²) in [5, 5.41) is 20.0. The van der Waals surface area contributed by atoms with E-state index in [0.29, 0.717) is 23.8 Å². The summed E-state index contributed by atoms with van der Waals surface area (Å²) in [6.07, 6.45) is 5.73. The highest BCUT2D eigenvalue weighted by Gasteiger charge is 2.44. The van der Waals surface area contributed by atoms with Crippen LogP contribution >= 0.6 is 0 Å². The fourth-order valence-electron chi connectivity index (χ4n) is 5.57. The smallest absolute Gasteiger partial charge is 0.175 e. The average molecular weight is 453 g/mol. The van der Waals surface area contributed by atoms with E-state index < -0.39 is 21.5 Å². The van der Waals surface area contributed by atoms with Gasteiger partial charge in [0.1, 0.15) is 11.4 Å². The number of nitriles is 1. The van der Waals surface area contributed by atoms with Gasteiger partial charge < -0.3 is 9.84 Å². The molecular weight excluding hydrogens is 424 g/mol. The van der Waals surface area contributed by atoms with Gasteiger partial charge in [0.15, 0.2) is 9.84 Å². The number of rotatable bonds is 2. The predicted molar refractivity (Wildman–Crippen MR) is 120 cm³/mol. The summed E-state index contributed by atoms with van der Waals surface area (Å²) in [5.41, 5.74) is 3.56.